The highest BCUT2D eigenvalue weighted by Gasteiger charge is 2.18. The van der Waals surface area contributed by atoms with Crippen molar-refractivity contribution in [2.24, 2.45) is 0 Å². The number of hydrogen-bond acceptors (Lipinski definition) is 6. The average molecular weight is 234 g/mol. The summed E-state index contributed by atoms with van der Waals surface area (Å²) in [4.78, 5) is 30.7. The smallest absolute Gasteiger partial charge is 0.330 e. The second-order valence-corrected chi connectivity index (χ2v) is 2.85. The van der Waals surface area contributed by atoms with E-state index in [1.807, 2.05) is 0 Å². The van der Waals surface area contributed by atoms with Gasteiger partial charge in [-0.25, -0.2) is 4.79 Å². The number of carbonyl (C=O) groups is 2. The van der Waals surface area contributed by atoms with E-state index in [1.54, 1.807) is 0 Å². The zero-order chi connectivity index (χ0) is 12.4. The number of ether oxygens (including phenoxy) is 2. The third-order valence-electron chi connectivity index (χ3n) is 1.67. The minimum atomic E-state index is -0.877. The van der Waals surface area contributed by atoms with Crippen LogP contribution in [0.15, 0.2) is 0 Å². The van der Waals surface area contributed by atoms with Crippen molar-refractivity contribution in [1.82, 2.24) is 5.32 Å². The van der Waals surface area contributed by atoms with Crippen molar-refractivity contribution in [2.75, 3.05) is 26.9 Å². The van der Waals surface area contributed by atoms with Gasteiger partial charge in [0.25, 0.3) is 0 Å². The molecule has 0 spiro atoms. The third-order valence-corrected chi connectivity index (χ3v) is 1.67. The largest absolute Gasteiger partial charge is 0.467 e. The van der Waals surface area contributed by atoms with E-state index in [1.165, 1.54) is 7.11 Å². The Morgan fingerprint density at radius 2 is 2.31 bits per heavy atom. The molecule has 1 N–H and O–H groups in total. The molecule has 92 valence electrons. The summed E-state index contributed by atoms with van der Waals surface area (Å²) >= 11 is 0. The van der Waals surface area contributed by atoms with Crippen LogP contribution in [0.25, 0.3) is 0 Å². The fourth-order valence-electron chi connectivity index (χ4n) is 0.905. The monoisotopic (exact) mass is 234 g/mol. The van der Waals surface area contributed by atoms with Gasteiger partial charge in [0.05, 0.1) is 20.3 Å². The zero-order valence-corrected chi connectivity index (χ0v) is 8.88. The summed E-state index contributed by atoms with van der Waals surface area (Å²) in [6.45, 7) is -0.109. The van der Waals surface area contributed by atoms with Gasteiger partial charge >= 0.3 is 5.97 Å². The van der Waals surface area contributed by atoms with Crippen molar-refractivity contribution < 1.29 is 24.0 Å². The SMILES string of the molecule is COC(=O)C(COCCC[N+](=O)[O-])NC=O. The topological polar surface area (TPSA) is 108 Å². The molecule has 0 radical (unpaired) electrons. The summed E-state index contributed by atoms with van der Waals surface area (Å²) in [6, 6.07) is -0.877. The minimum Gasteiger partial charge on any atom is -0.467 e. The molecule has 0 fully saturated rings. The molecule has 0 rings (SSSR count). The van der Waals surface area contributed by atoms with Crippen LogP contribution in [0, 0.1) is 10.1 Å². The fraction of sp³-hybridized carbons (Fsp3) is 0.750. The molecule has 0 saturated carbocycles. The normalized spacial score (nSPS) is 11.6. The summed E-state index contributed by atoms with van der Waals surface area (Å²) in [5.41, 5.74) is 0. The Labute approximate surface area is 92.0 Å². The number of esters is 1. The van der Waals surface area contributed by atoms with Crippen LogP contribution in [-0.4, -0.2) is 50.2 Å². The molecule has 0 bridgehead atoms. The standard InChI is InChI=1S/C8H14N2O6/c1-15-8(12)7(9-6-11)5-16-4-2-3-10(13)14/h6-7H,2-5H2,1H3,(H,9,11). The molecule has 1 amide bonds. The highest BCUT2D eigenvalue weighted by atomic mass is 16.6. The number of rotatable bonds is 9. The van der Waals surface area contributed by atoms with E-state index >= 15 is 0 Å². The molecular formula is C8H14N2O6. The molecule has 1 atom stereocenters. The summed E-state index contributed by atoms with van der Waals surface area (Å²) < 4.78 is 9.41. The lowest BCUT2D eigenvalue weighted by atomic mass is 10.3. The second-order valence-electron chi connectivity index (χ2n) is 2.85. The van der Waals surface area contributed by atoms with Crippen molar-refractivity contribution in [3.05, 3.63) is 10.1 Å². The first-order chi connectivity index (χ1) is 7.61. The maximum absolute atomic E-state index is 11.0. The second kappa shape index (κ2) is 8.60. The van der Waals surface area contributed by atoms with Gasteiger partial charge < -0.3 is 14.8 Å². The highest BCUT2D eigenvalue weighted by Crippen LogP contribution is 1.91. The van der Waals surface area contributed by atoms with Gasteiger partial charge in [-0.1, -0.05) is 0 Å². The summed E-state index contributed by atoms with van der Waals surface area (Å²) in [5, 5.41) is 12.2. The Morgan fingerprint density at radius 1 is 1.62 bits per heavy atom. The van der Waals surface area contributed by atoms with Gasteiger partial charge in [-0.3, -0.25) is 14.9 Å². The van der Waals surface area contributed by atoms with Gasteiger partial charge in [-0.2, -0.15) is 0 Å². The third kappa shape index (κ3) is 6.71. The lowest BCUT2D eigenvalue weighted by molar-refractivity contribution is -0.481. The van der Waals surface area contributed by atoms with E-state index in [-0.39, 0.29) is 26.2 Å². The zero-order valence-electron chi connectivity index (χ0n) is 8.88. The molecule has 16 heavy (non-hydrogen) atoms. The van der Waals surface area contributed by atoms with Crippen LogP contribution in [0.5, 0.6) is 0 Å². The number of amides is 1. The van der Waals surface area contributed by atoms with E-state index in [9.17, 15) is 19.7 Å². The Morgan fingerprint density at radius 3 is 2.81 bits per heavy atom. The van der Waals surface area contributed by atoms with Crippen molar-refractivity contribution in [3.63, 3.8) is 0 Å². The van der Waals surface area contributed by atoms with Crippen molar-refractivity contribution in [2.45, 2.75) is 12.5 Å². The summed E-state index contributed by atoms with van der Waals surface area (Å²) in [5.74, 6) is -0.624. The molecule has 0 aliphatic rings. The Balaban J connectivity index is 3.71. The molecule has 8 heteroatoms. The lowest BCUT2D eigenvalue weighted by Crippen LogP contribution is -2.40. The first-order valence-corrected chi connectivity index (χ1v) is 4.59. The van der Waals surface area contributed by atoms with E-state index in [2.05, 4.69) is 10.1 Å². The number of hydrogen-bond donors (Lipinski definition) is 1. The summed E-state index contributed by atoms with van der Waals surface area (Å²) in [6.07, 6.45) is 0.615. The van der Waals surface area contributed by atoms with Crippen LogP contribution in [0.4, 0.5) is 0 Å². The number of nitrogens with one attached hydrogen (secondary N) is 1. The van der Waals surface area contributed by atoms with Gasteiger partial charge in [-0.05, 0) is 0 Å². The van der Waals surface area contributed by atoms with Gasteiger partial charge in [0.15, 0.2) is 6.04 Å². The van der Waals surface area contributed by atoms with E-state index in [0.717, 1.165) is 0 Å². The molecule has 8 nitrogen and oxygen atoms in total. The van der Waals surface area contributed by atoms with Gasteiger partial charge in [0, 0.05) is 11.3 Å². The first kappa shape index (κ1) is 14.3. The highest BCUT2D eigenvalue weighted by molar-refractivity contribution is 5.78. The van der Waals surface area contributed by atoms with Crippen LogP contribution in [-0.2, 0) is 19.1 Å². The number of carbonyl (C=O) groups excluding carboxylic acids is 2. The lowest BCUT2D eigenvalue weighted by Gasteiger charge is -2.13. The van der Waals surface area contributed by atoms with Crippen LogP contribution >= 0.6 is 0 Å². The first-order valence-electron chi connectivity index (χ1n) is 4.59. The van der Waals surface area contributed by atoms with Crippen LogP contribution in [0.2, 0.25) is 0 Å². The maximum atomic E-state index is 11.0. The number of methoxy groups -OCH3 is 1. The molecule has 0 aromatic heterocycles. The predicted molar refractivity (Wildman–Crippen MR) is 52.3 cm³/mol. The molecule has 1 unspecified atom stereocenters. The molecule has 0 saturated heterocycles. The number of nitrogens with zero attached hydrogens (tertiary/aromatic N) is 1. The van der Waals surface area contributed by atoms with Crippen molar-refractivity contribution in [1.29, 1.82) is 0 Å². The predicted octanol–water partition coefficient (Wildman–Crippen LogP) is -1.04. The van der Waals surface area contributed by atoms with Gasteiger partial charge in [-0.15, -0.1) is 0 Å². The maximum Gasteiger partial charge on any atom is 0.330 e. The Kier molecular flexibility index (Phi) is 7.68. The van der Waals surface area contributed by atoms with Crippen molar-refractivity contribution >= 4 is 12.4 Å². The van der Waals surface area contributed by atoms with E-state index < -0.39 is 16.9 Å². The molecule has 0 aliphatic carbocycles. The van der Waals surface area contributed by atoms with Crippen LogP contribution in [0.3, 0.4) is 0 Å². The Bertz CT molecular complexity index is 245. The van der Waals surface area contributed by atoms with Gasteiger partial charge in [0.2, 0.25) is 13.0 Å². The summed E-state index contributed by atoms with van der Waals surface area (Å²) in [7, 11) is 1.19. The molecule has 0 aromatic rings. The molecule has 0 heterocycles. The molecule has 0 aromatic carbocycles. The Hall–Kier alpha value is -1.70. The fourth-order valence-corrected chi connectivity index (χ4v) is 0.905. The van der Waals surface area contributed by atoms with E-state index in [0.29, 0.717) is 6.41 Å². The quantitative estimate of drug-likeness (QED) is 0.179. The van der Waals surface area contributed by atoms with E-state index in [4.69, 9.17) is 4.74 Å². The van der Waals surface area contributed by atoms with Crippen molar-refractivity contribution in [3.8, 4) is 0 Å². The molecule has 0 aliphatic heterocycles. The van der Waals surface area contributed by atoms with Gasteiger partial charge in [0.1, 0.15) is 0 Å². The number of nitro groups is 1. The minimum absolute atomic E-state index is 0.0663. The average Bonchev–Trinajstić information content (AvgIpc) is 2.25. The van der Waals surface area contributed by atoms with Crippen LogP contribution in [0.1, 0.15) is 6.42 Å². The van der Waals surface area contributed by atoms with Crippen LogP contribution < -0.4 is 5.32 Å². The molecular weight excluding hydrogens is 220 g/mol.